The zero-order valence-corrected chi connectivity index (χ0v) is 24.5. The number of hydrogen-bond donors (Lipinski definition) is 0. The monoisotopic (exact) mass is 605 g/mol. The predicted octanol–water partition coefficient (Wildman–Crippen LogP) is 4.05. The minimum Gasteiger partial charge on any atom is -0.345 e. The molecule has 4 heterocycles. The minimum absolute atomic E-state index is 0.0915. The SMILES string of the molecule is CN1CCC2(CCCN(C(=O)[C@H](Cc3ccccc3)n3cnc(-c4cc(Cl)ccc4-n4cc(Cl)nn4)cc3=O)C2)C1=O. The summed E-state index contributed by atoms with van der Waals surface area (Å²) in [5.74, 6) is -0.105. The summed E-state index contributed by atoms with van der Waals surface area (Å²) in [5, 5.41) is 8.54. The van der Waals surface area contributed by atoms with E-state index in [0.29, 0.717) is 48.0 Å². The van der Waals surface area contributed by atoms with Gasteiger partial charge in [-0.15, -0.1) is 5.10 Å². The molecule has 0 saturated carbocycles. The lowest BCUT2D eigenvalue weighted by Gasteiger charge is -2.40. The van der Waals surface area contributed by atoms with E-state index in [9.17, 15) is 14.4 Å². The van der Waals surface area contributed by atoms with Gasteiger partial charge in [0.25, 0.3) is 5.56 Å². The summed E-state index contributed by atoms with van der Waals surface area (Å²) in [6.45, 7) is 1.58. The molecule has 42 heavy (non-hydrogen) atoms. The molecule has 0 N–H and O–H groups in total. The van der Waals surface area contributed by atoms with E-state index in [1.54, 1.807) is 34.2 Å². The topological polar surface area (TPSA) is 106 Å². The van der Waals surface area contributed by atoms with Crippen molar-refractivity contribution < 1.29 is 9.59 Å². The van der Waals surface area contributed by atoms with Gasteiger partial charge in [-0.25, -0.2) is 9.67 Å². The number of amides is 2. The van der Waals surface area contributed by atoms with Crippen LogP contribution in [0.3, 0.4) is 0 Å². The van der Waals surface area contributed by atoms with E-state index >= 15 is 0 Å². The molecule has 1 spiro atoms. The van der Waals surface area contributed by atoms with E-state index in [2.05, 4.69) is 15.3 Å². The van der Waals surface area contributed by atoms with Crippen molar-refractivity contribution in [2.24, 2.45) is 5.41 Å². The van der Waals surface area contributed by atoms with Crippen LogP contribution in [-0.4, -0.2) is 72.8 Å². The van der Waals surface area contributed by atoms with E-state index in [4.69, 9.17) is 23.2 Å². The Morgan fingerprint density at radius 2 is 1.86 bits per heavy atom. The quantitative estimate of drug-likeness (QED) is 0.328. The van der Waals surface area contributed by atoms with Crippen molar-refractivity contribution in [2.45, 2.75) is 31.7 Å². The van der Waals surface area contributed by atoms with Crippen LogP contribution in [0.5, 0.6) is 0 Å². The number of carbonyl (C=O) groups excluding carboxylic acids is 2. The zero-order valence-electron chi connectivity index (χ0n) is 23.0. The lowest BCUT2D eigenvalue weighted by molar-refractivity contribution is -0.144. The third-order valence-electron chi connectivity index (χ3n) is 8.29. The van der Waals surface area contributed by atoms with Gasteiger partial charge in [0.15, 0.2) is 5.15 Å². The van der Waals surface area contributed by atoms with Gasteiger partial charge in [-0.05, 0) is 43.0 Å². The fourth-order valence-electron chi connectivity index (χ4n) is 6.11. The lowest BCUT2D eigenvalue weighted by Crippen LogP contribution is -2.52. The summed E-state index contributed by atoms with van der Waals surface area (Å²) in [7, 11) is 1.81. The summed E-state index contributed by atoms with van der Waals surface area (Å²) in [4.78, 5) is 49.1. The van der Waals surface area contributed by atoms with Gasteiger partial charge >= 0.3 is 0 Å². The number of benzene rings is 2. The second-order valence-corrected chi connectivity index (χ2v) is 11.8. The Balaban J connectivity index is 1.36. The number of aromatic nitrogens is 5. The normalized spacial score (nSPS) is 19.5. The van der Waals surface area contributed by atoms with Gasteiger partial charge in [0.05, 0.1) is 29.3 Å². The number of rotatable bonds is 6. The second-order valence-electron chi connectivity index (χ2n) is 11.0. The minimum atomic E-state index is -0.834. The van der Waals surface area contributed by atoms with Gasteiger partial charge in [0, 0.05) is 49.8 Å². The van der Waals surface area contributed by atoms with Crippen LogP contribution in [0, 0.1) is 5.41 Å². The molecule has 12 heteroatoms. The van der Waals surface area contributed by atoms with Crippen LogP contribution in [0.1, 0.15) is 30.9 Å². The molecule has 0 aliphatic carbocycles. The van der Waals surface area contributed by atoms with Crippen molar-refractivity contribution in [3.63, 3.8) is 0 Å². The average molecular weight is 607 g/mol. The first-order valence-electron chi connectivity index (χ1n) is 13.8. The first kappa shape index (κ1) is 28.1. The van der Waals surface area contributed by atoms with Gasteiger partial charge in [-0.3, -0.25) is 19.0 Å². The largest absolute Gasteiger partial charge is 0.345 e. The molecule has 10 nitrogen and oxygen atoms in total. The molecule has 2 aromatic heterocycles. The molecule has 2 saturated heterocycles. The summed E-state index contributed by atoms with van der Waals surface area (Å²) in [5.41, 5.74) is 1.48. The highest BCUT2D eigenvalue weighted by atomic mass is 35.5. The fraction of sp³-hybridized carbons (Fsp3) is 0.333. The average Bonchev–Trinajstić information content (AvgIpc) is 3.55. The highest BCUT2D eigenvalue weighted by Crippen LogP contribution is 2.40. The highest BCUT2D eigenvalue weighted by molar-refractivity contribution is 6.31. The fourth-order valence-corrected chi connectivity index (χ4v) is 6.41. The molecule has 2 aliphatic rings. The molecule has 4 aromatic rings. The van der Waals surface area contributed by atoms with E-state index < -0.39 is 11.5 Å². The van der Waals surface area contributed by atoms with Gasteiger partial charge < -0.3 is 9.80 Å². The highest BCUT2D eigenvalue weighted by Gasteiger charge is 2.49. The van der Waals surface area contributed by atoms with E-state index in [1.807, 2.05) is 37.4 Å². The standard InChI is InChI=1S/C30H29Cl2N7O3/c1-36-13-11-30(29(36)42)10-5-12-37(18-30)28(41)25(14-20-6-3-2-4-7-20)38-19-33-23(16-27(38)40)22-15-21(31)8-9-24(22)39-17-26(32)34-35-39/h2-4,6-9,15-17,19,25H,5,10-14,18H2,1H3/t25-,30?/m0/s1. The van der Waals surface area contributed by atoms with Crippen molar-refractivity contribution in [3.8, 4) is 16.9 Å². The van der Waals surface area contributed by atoms with Crippen LogP contribution in [0.2, 0.25) is 10.2 Å². The summed E-state index contributed by atoms with van der Waals surface area (Å²) >= 11 is 12.3. The van der Waals surface area contributed by atoms with Crippen LogP contribution < -0.4 is 5.56 Å². The molecule has 0 radical (unpaired) electrons. The predicted molar refractivity (Wildman–Crippen MR) is 159 cm³/mol. The van der Waals surface area contributed by atoms with Crippen molar-refractivity contribution in [3.05, 3.63) is 93.2 Å². The van der Waals surface area contributed by atoms with Crippen LogP contribution in [0.4, 0.5) is 0 Å². The zero-order chi connectivity index (χ0) is 29.4. The molecule has 2 aromatic carbocycles. The van der Waals surface area contributed by atoms with Gasteiger partial charge in [-0.2, -0.15) is 0 Å². The number of nitrogens with zero attached hydrogens (tertiary/aromatic N) is 7. The molecule has 216 valence electrons. The smallest absolute Gasteiger partial charge is 0.254 e. The summed E-state index contributed by atoms with van der Waals surface area (Å²) in [6.07, 6.45) is 5.49. The number of piperidine rings is 1. The van der Waals surface area contributed by atoms with E-state index in [-0.39, 0.29) is 22.5 Å². The molecule has 0 bridgehead atoms. The number of carbonyl (C=O) groups is 2. The Morgan fingerprint density at radius 3 is 2.55 bits per heavy atom. The first-order valence-corrected chi connectivity index (χ1v) is 14.5. The Morgan fingerprint density at radius 1 is 1.05 bits per heavy atom. The maximum atomic E-state index is 14.2. The van der Waals surface area contributed by atoms with E-state index in [0.717, 1.165) is 24.8 Å². The Labute approximate surface area is 252 Å². The Kier molecular flexibility index (Phi) is 7.59. The third-order valence-corrected chi connectivity index (χ3v) is 8.70. The van der Waals surface area contributed by atoms with Gasteiger partial charge in [0.1, 0.15) is 6.04 Å². The van der Waals surface area contributed by atoms with Crippen LogP contribution in [0.15, 0.2) is 71.9 Å². The van der Waals surface area contributed by atoms with Crippen LogP contribution >= 0.6 is 23.2 Å². The molecular formula is C30H29Cl2N7O3. The summed E-state index contributed by atoms with van der Waals surface area (Å²) in [6, 6.07) is 15.3. The van der Waals surface area contributed by atoms with Crippen molar-refractivity contribution in [1.29, 1.82) is 0 Å². The first-order chi connectivity index (χ1) is 20.2. The van der Waals surface area contributed by atoms with Crippen LogP contribution in [0.25, 0.3) is 16.9 Å². The second kappa shape index (κ2) is 11.3. The van der Waals surface area contributed by atoms with E-state index in [1.165, 1.54) is 21.6 Å². The maximum Gasteiger partial charge on any atom is 0.254 e. The molecule has 2 amide bonds. The molecule has 6 rings (SSSR count). The van der Waals surface area contributed by atoms with Crippen molar-refractivity contribution in [2.75, 3.05) is 26.7 Å². The van der Waals surface area contributed by atoms with Gasteiger partial charge in [-0.1, -0.05) is 58.7 Å². The van der Waals surface area contributed by atoms with Crippen molar-refractivity contribution in [1.82, 2.24) is 34.3 Å². The maximum absolute atomic E-state index is 14.2. The van der Waals surface area contributed by atoms with Crippen LogP contribution in [-0.2, 0) is 16.0 Å². The number of likely N-dealkylation sites (tertiary alicyclic amines) is 2. The number of hydrogen-bond acceptors (Lipinski definition) is 6. The lowest BCUT2D eigenvalue weighted by atomic mass is 9.78. The van der Waals surface area contributed by atoms with Gasteiger partial charge in [0.2, 0.25) is 11.8 Å². The molecule has 2 fully saturated rings. The van der Waals surface area contributed by atoms with Crippen molar-refractivity contribution >= 4 is 35.0 Å². The summed E-state index contributed by atoms with van der Waals surface area (Å²) < 4.78 is 2.87. The molecule has 2 atom stereocenters. The molecule has 2 aliphatic heterocycles. The Hall–Kier alpha value is -4.02. The Bertz CT molecular complexity index is 1700. The number of halogens is 2. The molecular weight excluding hydrogens is 577 g/mol. The third kappa shape index (κ3) is 5.32. The molecule has 1 unspecified atom stereocenters.